The van der Waals surface area contributed by atoms with E-state index in [4.69, 9.17) is 9.47 Å². The van der Waals surface area contributed by atoms with Gasteiger partial charge in [-0.25, -0.2) is 8.42 Å². The number of ether oxygens (including phenoxy) is 2. The minimum Gasteiger partial charge on any atom is -0.493 e. The van der Waals surface area contributed by atoms with Crippen LogP contribution in [0, 0.1) is 13.8 Å². The normalized spacial score (nSPS) is 11.8. The van der Waals surface area contributed by atoms with Crippen molar-refractivity contribution in [3.05, 3.63) is 119 Å². The summed E-state index contributed by atoms with van der Waals surface area (Å²) in [7, 11) is 0.210. The minimum absolute atomic E-state index is 0.0216. The summed E-state index contributed by atoms with van der Waals surface area (Å²) in [6.07, 6.45) is 0.235. The average Bonchev–Trinajstić information content (AvgIpc) is 3.05. The molecule has 0 bridgehead atoms. The molecule has 4 rings (SSSR count). The van der Waals surface area contributed by atoms with Crippen LogP contribution in [0.25, 0.3) is 0 Å². The minimum atomic E-state index is -4.25. The van der Waals surface area contributed by atoms with Gasteiger partial charge in [0.25, 0.3) is 10.0 Å². The number of rotatable bonds is 13. The van der Waals surface area contributed by atoms with Crippen LogP contribution >= 0.6 is 0 Å². The maximum atomic E-state index is 14.5. The highest BCUT2D eigenvalue weighted by Gasteiger charge is 2.34. The van der Waals surface area contributed by atoms with Gasteiger partial charge in [-0.05, 0) is 54.8 Å². The number of amides is 2. The first kappa shape index (κ1) is 33.1. The van der Waals surface area contributed by atoms with E-state index in [0.717, 1.165) is 26.6 Å². The third-order valence-electron chi connectivity index (χ3n) is 7.66. The number of methoxy groups -OCH3 is 2. The number of hydrogen-bond donors (Lipinski definition) is 1. The van der Waals surface area contributed by atoms with E-state index in [-0.39, 0.29) is 29.5 Å². The van der Waals surface area contributed by atoms with Crippen LogP contribution in [0.1, 0.15) is 22.3 Å². The Morgan fingerprint density at radius 2 is 1.47 bits per heavy atom. The van der Waals surface area contributed by atoms with Gasteiger partial charge >= 0.3 is 0 Å². The summed E-state index contributed by atoms with van der Waals surface area (Å²) in [5.41, 5.74) is 3.73. The molecule has 1 atom stereocenters. The molecule has 9 nitrogen and oxygen atoms in total. The van der Waals surface area contributed by atoms with Crippen LogP contribution < -0.4 is 19.1 Å². The molecule has 0 aromatic heterocycles. The van der Waals surface area contributed by atoms with Crippen LogP contribution in [0.2, 0.25) is 0 Å². The van der Waals surface area contributed by atoms with Crippen molar-refractivity contribution in [2.45, 2.75) is 37.8 Å². The molecule has 0 saturated carbocycles. The van der Waals surface area contributed by atoms with Crippen LogP contribution in [0.3, 0.4) is 0 Å². The fourth-order valence-corrected chi connectivity index (χ4v) is 6.44. The standard InChI is InChI=1S/C35H39N3O6S/c1-25-15-18-30(19-16-25)45(41,42)38(29-17-20-32(43-4)33(22-29)44-5)24-34(39)37(23-28-14-10-9-11-26(28)2)31(35(40)36-3)21-27-12-7-6-8-13-27/h6-20,22,31H,21,23-24H2,1-5H3,(H,36,40)/t31-/m0/s1. The summed E-state index contributed by atoms with van der Waals surface area (Å²) in [5, 5.41) is 2.70. The average molecular weight is 630 g/mol. The Labute approximate surface area is 265 Å². The van der Waals surface area contributed by atoms with Crippen molar-refractivity contribution < 1.29 is 27.5 Å². The fourth-order valence-electron chi connectivity index (χ4n) is 5.04. The van der Waals surface area contributed by atoms with Crippen LogP contribution in [-0.2, 0) is 32.6 Å². The Bertz CT molecular complexity index is 1730. The summed E-state index contributed by atoms with van der Waals surface area (Å²) in [4.78, 5) is 29.4. The van der Waals surface area contributed by atoms with Crippen molar-refractivity contribution in [1.29, 1.82) is 0 Å². The quantitative estimate of drug-likeness (QED) is 0.226. The summed E-state index contributed by atoms with van der Waals surface area (Å²) in [6, 6.07) is 27.2. The van der Waals surface area contributed by atoms with Crippen molar-refractivity contribution >= 4 is 27.5 Å². The van der Waals surface area contributed by atoms with Crippen LogP contribution in [0.4, 0.5) is 5.69 Å². The van der Waals surface area contributed by atoms with Crippen LogP contribution in [0.5, 0.6) is 11.5 Å². The zero-order valence-electron chi connectivity index (χ0n) is 26.2. The van der Waals surface area contributed by atoms with E-state index in [0.29, 0.717) is 11.5 Å². The molecule has 0 saturated heterocycles. The molecule has 0 fully saturated rings. The van der Waals surface area contributed by atoms with Crippen molar-refractivity contribution in [2.24, 2.45) is 0 Å². The maximum absolute atomic E-state index is 14.5. The number of anilines is 1. The van der Waals surface area contributed by atoms with Crippen molar-refractivity contribution in [3.63, 3.8) is 0 Å². The predicted octanol–water partition coefficient (Wildman–Crippen LogP) is 4.90. The van der Waals surface area contributed by atoms with Gasteiger partial charge in [0.05, 0.1) is 24.8 Å². The van der Waals surface area contributed by atoms with Crippen molar-refractivity contribution in [1.82, 2.24) is 10.2 Å². The second-order valence-corrected chi connectivity index (χ2v) is 12.5. The number of hydrogen-bond acceptors (Lipinski definition) is 6. The Hall–Kier alpha value is -4.83. The zero-order valence-corrected chi connectivity index (χ0v) is 27.0. The topological polar surface area (TPSA) is 105 Å². The monoisotopic (exact) mass is 629 g/mol. The number of likely N-dealkylation sites (N-methyl/N-ethyl adjacent to an activating group) is 1. The Balaban J connectivity index is 1.83. The molecule has 0 spiro atoms. The molecule has 1 N–H and O–H groups in total. The Morgan fingerprint density at radius 1 is 0.822 bits per heavy atom. The van der Waals surface area contributed by atoms with Gasteiger partial charge < -0.3 is 19.7 Å². The number of aryl methyl sites for hydroxylation is 2. The number of benzene rings is 4. The van der Waals surface area contributed by atoms with E-state index in [1.807, 2.05) is 68.4 Å². The van der Waals surface area contributed by atoms with Gasteiger partial charge in [-0.3, -0.25) is 13.9 Å². The molecule has 2 amide bonds. The SMILES string of the molecule is CNC(=O)[C@H](Cc1ccccc1)N(Cc1ccccc1C)C(=O)CN(c1ccc(OC)c(OC)c1)S(=O)(=O)c1ccc(C)cc1. The highest BCUT2D eigenvalue weighted by Crippen LogP contribution is 2.34. The molecule has 4 aromatic carbocycles. The largest absolute Gasteiger partial charge is 0.493 e. The highest BCUT2D eigenvalue weighted by molar-refractivity contribution is 7.92. The molecule has 0 aliphatic heterocycles. The van der Waals surface area contributed by atoms with Gasteiger partial charge in [0, 0.05) is 26.1 Å². The van der Waals surface area contributed by atoms with E-state index in [9.17, 15) is 18.0 Å². The van der Waals surface area contributed by atoms with Gasteiger partial charge in [0.15, 0.2) is 11.5 Å². The molecule has 236 valence electrons. The van der Waals surface area contributed by atoms with E-state index >= 15 is 0 Å². The Morgan fingerprint density at radius 3 is 2.09 bits per heavy atom. The lowest BCUT2D eigenvalue weighted by Gasteiger charge is -2.34. The number of carbonyl (C=O) groups is 2. The zero-order chi connectivity index (χ0) is 32.6. The van der Waals surface area contributed by atoms with Crippen LogP contribution in [0.15, 0.2) is 102 Å². The lowest BCUT2D eigenvalue weighted by atomic mass is 10.0. The summed E-state index contributed by atoms with van der Waals surface area (Å²) in [5.74, 6) is -0.201. The van der Waals surface area contributed by atoms with Crippen molar-refractivity contribution in [2.75, 3.05) is 32.1 Å². The number of sulfonamides is 1. The maximum Gasteiger partial charge on any atom is 0.264 e. The van der Waals surface area contributed by atoms with Gasteiger partial charge in [-0.1, -0.05) is 72.3 Å². The Kier molecular flexibility index (Phi) is 10.9. The number of carbonyl (C=O) groups excluding carboxylic acids is 2. The lowest BCUT2D eigenvalue weighted by molar-refractivity contribution is -0.139. The third-order valence-corrected chi connectivity index (χ3v) is 9.45. The van der Waals surface area contributed by atoms with Gasteiger partial charge in [-0.2, -0.15) is 0 Å². The second kappa shape index (κ2) is 14.8. The van der Waals surface area contributed by atoms with Gasteiger partial charge in [0.1, 0.15) is 12.6 Å². The summed E-state index contributed by atoms with van der Waals surface area (Å²) in [6.45, 7) is 3.32. The molecule has 4 aromatic rings. The summed E-state index contributed by atoms with van der Waals surface area (Å²) < 4.78 is 40.3. The molecule has 0 radical (unpaired) electrons. The highest BCUT2D eigenvalue weighted by atomic mass is 32.2. The molecule has 0 aliphatic carbocycles. The van der Waals surface area contributed by atoms with Gasteiger partial charge in [0.2, 0.25) is 11.8 Å². The van der Waals surface area contributed by atoms with Crippen LogP contribution in [-0.4, -0.2) is 59.0 Å². The smallest absolute Gasteiger partial charge is 0.264 e. The number of nitrogens with zero attached hydrogens (tertiary/aromatic N) is 2. The molecule has 10 heteroatoms. The van der Waals surface area contributed by atoms with E-state index in [1.54, 1.807) is 24.3 Å². The number of nitrogens with one attached hydrogen (secondary N) is 1. The molecular formula is C35H39N3O6S. The first-order valence-electron chi connectivity index (χ1n) is 14.5. The first-order chi connectivity index (χ1) is 21.6. The van der Waals surface area contributed by atoms with E-state index in [2.05, 4.69) is 5.32 Å². The molecular weight excluding hydrogens is 590 g/mol. The van der Waals surface area contributed by atoms with Crippen molar-refractivity contribution in [3.8, 4) is 11.5 Å². The second-order valence-electron chi connectivity index (χ2n) is 10.6. The summed E-state index contributed by atoms with van der Waals surface area (Å²) >= 11 is 0. The van der Waals surface area contributed by atoms with E-state index in [1.165, 1.54) is 44.4 Å². The molecule has 45 heavy (non-hydrogen) atoms. The molecule has 0 unspecified atom stereocenters. The fraction of sp³-hybridized carbons (Fsp3) is 0.257. The molecule has 0 heterocycles. The van der Waals surface area contributed by atoms with Gasteiger partial charge in [-0.15, -0.1) is 0 Å². The third kappa shape index (κ3) is 7.82. The lowest BCUT2D eigenvalue weighted by Crippen LogP contribution is -2.53. The first-order valence-corrected chi connectivity index (χ1v) is 15.9. The predicted molar refractivity (Wildman–Crippen MR) is 175 cm³/mol. The van der Waals surface area contributed by atoms with E-state index < -0.39 is 28.5 Å². The molecule has 0 aliphatic rings.